The van der Waals surface area contributed by atoms with E-state index in [4.69, 9.17) is 9.84 Å². The van der Waals surface area contributed by atoms with Crippen molar-refractivity contribution in [3.63, 3.8) is 0 Å². The average Bonchev–Trinajstić information content (AvgIpc) is 3.14. The monoisotopic (exact) mass is 347 g/mol. The number of hydrogen-bond donors (Lipinski definition) is 2. The summed E-state index contributed by atoms with van der Waals surface area (Å²) in [6.45, 7) is 2.02. The number of carbonyl (C=O) groups is 1. The number of rotatable bonds is 4. The van der Waals surface area contributed by atoms with Gasteiger partial charge in [-0.25, -0.2) is 14.8 Å². The highest BCUT2D eigenvalue weighted by Crippen LogP contribution is 2.28. The second-order valence-corrected chi connectivity index (χ2v) is 7.34. The molecule has 0 bridgehead atoms. The molecule has 0 unspecified atom stereocenters. The van der Waals surface area contributed by atoms with Crippen LogP contribution >= 0.6 is 22.7 Å². The summed E-state index contributed by atoms with van der Waals surface area (Å²) in [5.74, 6) is -0.926. The Morgan fingerprint density at radius 3 is 3.09 bits per heavy atom. The molecule has 1 aromatic carbocycles. The Balaban J connectivity index is 1.51. The molecule has 23 heavy (non-hydrogen) atoms. The van der Waals surface area contributed by atoms with Gasteiger partial charge in [0.15, 0.2) is 5.13 Å². The summed E-state index contributed by atoms with van der Waals surface area (Å²) in [6, 6.07) is 4.96. The molecule has 4 rings (SSSR count). The van der Waals surface area contributed by atoms with Crippen LogP contribution in [0.4, 0.5) is 5.13 Å². The number of carboxylic acid groups (broad SMARTS) is 1. The van der Waals surface area contributed by atoms with Gasteiger partial charge in [-0.15, -0.1) is 11.3 Å². The second kappa shape index (κ2) is 5.88. The Morgan fingerprint density at radius 2 is 2.26 bits per heavy atom. The van der Waals surface area contributed by atoms with Crippen molar-refractivity contribution in [1.82, 2.24) is 9.97 Å². The zero-order valence-electron chi connectivity index (χ0n) is 12.0. The highest BCUT2D eigenvalue weighted by molar-refractivity contribution is 7.22. The fourth-order valence-electron chi connectivity index (χ4n) is 2.44. The van der Waals surface area contributed by atoms with Gasteiger partial charge in [-0.05, 0) is 18.2 Å². The van der Waals surface area contributed by atoms with E-state index < -0.39 is 5.97 Å². The maximum Gasteiger partial charge on any atom is 0.335 e. The molecule has 1 aliphatic heterocycles. The van der Waals surface area contributed by atoms with Gasteiger partial charge < -0.3 is 15.2 Å². The number of carboxylic acids is 1. The van der Waals surface area contributed by atoms with Gasteiger partial charge in [0.1, 0.15) is 5.01 Å². The SMILES string of the molecule is O=C(O)c1ccc2nc(NCc3nc4c(s3)COCC4)sc2c1. The predicted octanol–water partition coefficient (Wildman–Crippen LogP) is 3.14. The Hall–Kier alpha value is -2.03. The lowest BCUT2D eigenvalue weighted by Crippen LogP contribution is -2.07. The molecule has 8 heteroatoms. The third-order valence-electron chi connectivity index (χ3n) is 3.57. The van der Waals surface area contributed by atoms with Gasteiger partial charge in [0.05, 0.1) is 46.1 Å². The molecule has 0 spiro atoms. The maximum atomic E-state index is 11.0. The number of benzene rings is 1. The van der Waals surface area contributed by atoms with Crippen LogP contribution in [0.15, 0.2) is 18.2 Å². The molecule has 0 atom stereocenters. The van der Waals surface area contributed by atoms with E-state index in [1.807, 2.05) is 0 Å². The van der Waals surface area contributed by atoms with Crippen LogP contribution in [0.5, 0.6) is 0 Å². The van der Waals surface area contributed by atoms with Crippen molar-refractivity contribution >= 4 is 44.0 Å². The van der Waals surface area contributed by atoms with Crippen molar-refractivity contribution in [3.8, 4) is 0 Å². The summed E-state index contributed by atoms with van der Waals surface area (Å²) in [5.41, 5.74) is 2.23. The van der Waals surface area contributed by atoms with Crippen LogP contribution < -0.4 is 5.32 Å². The third kappa shape index (κ3) is 2.92. The van der Waals surface area contributed by atoms with Gasteiger partial charge in [0.25, 0.3) is 0 Å². The van der Waals surface area contributed by atoms with Crippen molar-refractivity contribution in [3.05, 3.63) is 39.3 Å². The van der Waals surface area contributed by atoms with Crippen molar-refractivity contribution < 1.29 is 14.6 Å². The molecule has 3 aromatic rings. The van der Waals surface area contributed by atoms with E-state index in [2.05, 4.69) is 15.3 Å². The summed E-state index contributed by atoms with van der Waals surface area (Å²) in [4.78, 5) is 21.3. The molecule has 2 aromatic heterocycles. The van der Waals surface area contributed by atoms with Gasteiger partial charge in [-0.1, -0.05) is 11.3 Å². The molecule has 6 nitrogen and oxygen atoms in total. The van der Waals surface area contributed by atoms with Crippen molar-refractivity contribution in [2.24, 2.45) is 0 Å². The largest absolute Gasteiger partial charge is 0.478 e. The minimum atomic E-state index is -0.926. The van der Waals surface area contributed by atoms with Gasteiger partial charge in [-0.2, -0.15) is 0 Å². The highest BCUT2D eigenvalue weighted by Gasteiger charge is 2.15. The molecule has 3 heterocycles. The number of aromatic nitrogens is 2. The lowest BCUT2D eigenvalue weighted by molar-refractivity contribution is 0.0697. The summed E-state index contributed by atoms with van der Waals surface area (Å²) in [6.07, 6.45) is 0.880. The summed E-state index contributed by atoms with van der Waals surface area (Å²) >= 11 is 3.12. The van der Waals surface area contributed by atoms with Gasteiger partial charge in [0.2, 0.25) is 0 Å². The number of aromatic carboxylic acids is 1. The molecule has 0 fully saturated rings. The minimum absolute atomic E-state index is 0.278. The molecular formula is C15H13N3O3S2. The highest BCUT2D eigenvalue weighted by atomic mass is 32.1. The minimum Gasteiger partial charge on any atom is -0.478 e. The van der Waals surface area contributed by atoms with Gasteiger partial charge in [0, 0.05) is 6.42 Å². The van der Waals surface area contributed by atoms with Gasteiger partial charge in [-0.3, -0.25) is 0 Å². The molecule has 0 saturated heterocycles. The van der Waals surface area contributed by atoms with Crippen LogP contribution in [-0.2, 0) is 24.3 Å². The summed E-state index contributed by atoms with van der Waals surface area (Å²) in [5, 5.41) is 14.1. The van der Waals surface area contributed by atoms with E-state index in [1.165, 1.54) is 16.2 Å². The average molecular weight is 347 g/mol. The Bertz CT molecular complexity index is 864. The number of nitrogens with zero attached hydrogens (tertiary/aromatic N) is 2. The van der Waals surface area contributed by atoms with Crippen molar-refractivity contribution in [1.29, 1.82) is 0 Å². The number of fused-ring (bicyclic) bond motifs is 2. The molecule has 1 aliphatic rings. The first kappa shape index (κ1) is 14.6. The predicted molar refractivity (Wildman–Crippen MR) is 89.4 cm³/mol. The topological polar surface area (TPSA) is 84.3 Å². The van der Waals surface area contributed by atoms with Gasteiger partial charge >= 0.3 is 5.97 Å². The van der Waals surface area contributed by atoms with Crippen molar-refractivity contribution in [2.75, 3.05) is 11.9 Å². The van der Waals surface area contributed by atoms with E-state index in [9.17, 15) is 4.79 Å². The fraction of sp³-hybridized carbons (Fsp3) is 0.267. The number of ether oxygens (including phenoxy) is 1. The smallest absolute Gasteiger partial charge is 0.335 e. The summed E-state index contributed by atoms with van der Waals surface area (Å²) in [7, 11) is 0. The number of hydrogen-bond acceptors (Lipinski definition) is 7. The number of thiazole rings is 2. The van der Waals surface area contributed by atoms with Crippen molar-refractivity contribution in [2.45, 2.75) is 19.6 Å². The van der Waals surface area contributed by atoms with Crippen LogP contribution in [-0.4, -0.2) is 27.7 Å². The Kier molecular flexibility index (Phi) is 3.72. The first-order chi connectivity index (χ1) is 11.2. The summed E-state index contributed by atoms with van der Waals surface area (Å²) < 4.78 is 6.29. The molecule has 2 N–H and O–H groups in total. The molecular weight excluding hydrogens is 334 g/mol. The maximum absolute atomic E-state index is 11.0. The quantitative estimate of drug-likeness (QED) is 0.754. The lowest BCUT2D eigenvalue weighted by atomic mass is 10.2. The van der Waals surface area contributed by atoms with E-state index >= 15 is 0 Å². The molecule has 0 saturated carbocycles. The lowest BCUT2D eigenvalue weighted by Gasteiger charge is -2.08. The zero-order chi connectivity index (χ0) is 15.8. The molecule has 0 aliphatic carbocycles. The first-order valence-corrected chi connectivity index (χ1v) is 8.75. The molecule has 0 radical (unpaired) electrons. The normalized spacial score (nSPS) is 13.9. The van der Waals surface area contributed by atoms with Crippen LogP contribution in [0, 0.1) is 0 Å². The first-order valence-electron chi connectivity index (χ1n) is 7.12. The van der Waals surface area contributed by atoms with Crippen LogP contribution in [0.25, 0.3) is 10.2 Å². The van der Waals surface area contributed by atoms with E-state index in [-0.39, 0.29) is 5.56 Å². The van der Waals surface area contributed by atoms with E-state index in [0.717, 1.165) is 39.1 Å². The van der Waals surface area contributed by atoms with Crippen LogP contribution in [0.1, 0.15) is 25.9 Å². The van der Waals surface area contributed by atoms with Crippen LogP contribution in [0.2, 0.25) is 0 Å². The number of anilines is 1. The second-order valence-electron chi connectivity index (χ2n) is 5.14. The standard InChI is InChI=1S/C15H13N3O3S2/c19-14(20)8-1-2-9-11(5-8)23-15(18-9)16-6-13-17-10-3-4-21-7-12(10)22-13/h1-2,5H,3-4,6-7H2,(H,16,18)(H,19,20). The van der Waals surface area contributed by atoms with Crippen LogP contribution in [0.3, 0.4) is 0 Å². The van der Waals surface area contributed by atoms with E-state index in [1.54, 1.807) is 29.5 Å². The Labute approximate surface area is 139 Å². The third-order valence-corrected chi connectivity index (χ3v) is 5.61. The Morgan fingerprint density at radius 1 is 1.35 bits per heavy atom. The zero-order valence-corrected chi connectivity index (χ0v) is 13.7. The van der Waals surface area contributed by atoms with E-state index in [0.29, 0.717) is 13.2 Å². The number of nitrogens with one attached hydrogen (secondary N) is 1. The fourth-order valence-corrected chi connectivity index (χ4v) is 4.33. The molecule has 0 amide bonds. The molecule has 118 valence electrons.